The molecule has 0 aliphatic carbocycles. The molecule has 0 saturated carbocycles. The molecular weight excluding hydrogens is 237 g/mol. The summed E-state index contributed by atoms with van der Waals surface area (Å²) in [4.78, 5) is 10.5. The van der Waals surface area contributed by atoms with E-state index in [1.165, 1.54) is 12.1 Å². The summed E-state index contributed by atoms with van der Waals surface area (Å²) in [7, 11) is -4.00. The largest absolute Gasteiger partial charge is 0.480 e. The first-order valence-electron chi connectivity index (χ1n) is 4.33. The van der Waals surface area contributed by atoms with Crippen LogP contribution in [0.5, 0.6) is 0 Å². The van der Waals surface area contributed by atoms with Gasteiger partial charge in [0.2, 0.25) is 10.0 Å². The van der Waals surface area contributed by atoms with Gasteiger partial charge in [-0.05, 0) is 31.2 Å². The quantitative estimate of drug-likeness (QED) is 0.832. The number of nitrogens with one attached hydrogen (secondary N) is 1. The van der Waals surface area contributed by atoms with Crippen LogP contribution in [-0.4, -0.2) is 24.7 Å². The third kappa shape index (κ3) is 2.93. The molecule has 7 heteroatoms. The fraction of sp³-hybridized carbons (Fsp3) is 0.222. The smallest absolute Gasteiger partial charge is 0.323 e. The highest BCUT2D eigenvalue weighted by Crippen LogP contribution is 2.12. The van der Waals surface area contributed by atoms with Crippen LogP contribution in [0, 0.1) is 5.82 Å². The van der Waals surface area contributed by atoms with Crippen LogP contribution in [0.1, 0.15) is 6.92 Å². The molecule has 1 aromatic rings. The maximum absolute atomic E-state index is 12.5. The number of sulfonamides is 1. The van der Waals surface area contributed by atoms with Crippen molar-refractivity contribution in [2.24, 2.45) is 0 Å². The molecule has 0 saturated heterocycles. The molecule has 1 aromatic carbocycles. The Morgan fingerprint density at radius 1 is 1.38 bits per heavy atom. The van der Waals surface area contributed by atoms with E-state index in [9.17, 15) is 17.6 Å². The Morgan fingerprint density at radius 2 is 1.88 bits per heavy atom. The zero-order valence-electron chi connectivity index (χ0n) is 8.34. The lowest BCUT2D eigenvalue weighted by Crippen LogP contribution is -2.32. The molecule has 1 rings (SSSR count). The lowest BCUT2D eigenvalue weighted by molar-refractivity contribution is -0.136. The highest BCUT2D eigenvalue weighted by molar-refractivity contribution is 7.94. The number of hydrogen-bond donors (Lipinski definition) is 2. The van der Waals surface area contributed by atoms with Gasteiger partial charge in [-0.15, -0.1) is 0 Å². The molecule has 16 heavy (non-hydrogen) atoms. The predicted molar refractivity (Wildman–Crippen MR) is 56.0 cm³/mol. The van der Waals surface area contributed by atoms with Gasteiger partial charge < -0.3 is 5.11 Å². The second kappa shape index (κ2) is 4.48. The van der Waals surface area contributed by atoms with Gasteiger partial charge in [0, 0.05) is 5.69 Å². The molecule has 0 aromatic heterocycles. The SMILES string of the molecule is CC(C(=O)O)S(=O)(=O)Nc1ccc(F)cc1. The van der Waals surface area contributed by atoms with E-state index in [1.54, 1.807) is 0 Å². The van der Waals surface area contributed by atoms with Crippen LogP contribution in [0.2, 0.25) is 0 Å². The highest BCUT2D eigenvalue weighted by Gasteiger charge is 2.27. The van der Waals surface area contributed by atoms with E-state index >= 15 is 0 Å². The summed E-state index contributed by atoms with van der Waals surface area (Å²) in [6.45, 7) is 1.05. The summed E-state index contributed by atoms with van der Waals surface area (Å²) in [6, 6.07) is 4.56. The summed E-state index contributed by atoms with van der Waals surface area (Å²) < 4.78 is 37.5. The second-order valence-electron chi connectivity index (χ2n) is 3.13. The summed E-state index contributed by atoms with van der Waals surface area (Å²) in [5, 5.41) is 6.99. The summed E-state index contributed by atoms with van der Waals surface area (Å²) in [5.41, 5.74) is 0.120. The Balaban J connectivity index is 2.89. The van der Waals surface area contributed by atoms with Gasteiger partial charge in [0.05, 0.1) is 0 Å². The topological polar surface area (TPSA) is 83.5 Å². The molecule has 5 nitrogen and oxygen atoms in total. The molecule has 0 radical (unpaired) electrons. The lowest BCUT2D eigenvalue weighted by Gasteiger charge is -2.10. The number of rotatable bonds is 4. The first-order valence-corrected chi connectivity index (χ1v) is 5.87. The van der Waals surface area contributed by atoms with Crippen molar-refractivity contribution in [2.75, 3.05) is 4.72 Å². The molecule has 0 aliphatic rings. The van der Waals surface area contributed by atoms with Gasteiger partial charge in [0.25, 0.3) is 0 Å². The number of hydrogen-bond acceptors (Lipinski definition) is 3. The van der Waals surface area contributed by atoms with Crippen molar-refractivity contribution in [3.05, 3.63) is 30.1 Å². The molecule has 1 unspecified atom stereocenters. The second-order valence-corrected chi connectivity index (χ2v) is 5.14. The Hall–Kier alpha value is -1.63. The van der Waals surface area contributed by atoms with Crippen molar-refractivity contribution < 1.29 is 22.7 Å². The van der Waals surface area contributed by atoms with Crippen LogP contribution < -0.4 is 4.72 Å². The van der Waals surface area contributed by atoms with Crippen LogP contribution in [0.4, 0.5) is 10.1 Å². The predicted octanol–water partition coefficient (Wildman–Crippen LogP) is 1.04. The first-order chi connectivity index (χ1) is 7.33. The van der Waals surface area contributed by atoms with Gasteiger partial charge >= 0.3 is 5.97 Å². The number of halogens is 1. The highest BCUT2D eigenvalue weighted by atomic mass is 32.2. The minimum atomic E-state index is -4.00. The number of carbonyl (C=O) groups is 1. The minimum Gasteiger partial charge on any atom is -0.480 e. The number of carboxylic acid groups (broad SMARTS) is 1. The lowest BCUT2D eigenvalue weighted by atomic mass is 10.3. The fourth-order valence-electron chi connectivity index (χ4n) is 0.903. The van der Waals surface area contributed by atoms with Gasteiger partial charge in [0.15, 0.2) is 5.25 Å². The third-order valence-electron chi connectivity index (χ3n) is 1.92. The number of benzene rings is 1. The molecule has 0 amide bonds. The van der Waals surface area contributed by atoms with Gasteiger partial charge in [-0.25, -0.2) is 12.8 Å². The average molecular weight is 247 g/mol. The monoisotopic (exact) mass is 247 g/mol. The zero-order valence-corrected chi connectivity index (χ0v) is 9.16. The van der Waals surface area contributed by atoms with Gasteiger partial charge in [-0.2, -0.15) is 0 Å². The molecule has 0 bridgehead atoms. The van der Waals surface area contributed by atoms with Crippen molar-refractivity contribution >= 4 is 21.7 Å². The third-order valence-corrected chi connectivity index (χ3v) is 3.57. The van der Waals surface area contributed by atoms with Crippen molar-refractivity contribution in [3.8, 4) is 0 Å². The molecule has 2 N–H and O–H groups in total. The van der Waals surface area contributed by atoms with Crippen LogP contribution in [-0.2, 0) is 14.8 Å². The Bertz CT molecular complexity index is 483. The Labute approximate surface area is 92.0 Å². The van der Waals surface area contributed by atoms with Gasteiger partial charge in [-0.3, -0.25) is 9.52 Å². The van der Waals surface area contributed by atoms with Crippen LogP contribution in [0.3, 0.4) is 0 Å². The molecule has 0 aliphatic heterocycles. The van der Waals surface area contributed by atoms with Crippen LogP contribution in [0.15, 0.2) is 24.3 Å². The van der Waals surface area contributed by atoms with E-state index in [1.807, 2.05) is 0 Å². The molecule has 0 heterocycles. The van der Waals surface area contributed by atoms with E-state index < -0.39 is 27.1 Å². The van der Waals surface area contributed by atoms with Crippen molar-refractivity contribution in [1.29, 1.82) is 0 Å². The van der Waals surface area contributed by atoms with E-state index in [4.69, 9.17) is 5.11 Å². The van der Waals surface area contributed by atoms with E-state index in [-0.39, 0.29) is 5.69 Å². The molecule has 88 valence electrons. The van der Waals surface area contributed by atoms with Crippen molar-refractivity contribution in [3.63, 3.8) is 0 Å². The maximum atomic E-state index is 12.5. The van der Waals surface area contributed by atoms with Crippen molar-refractivity contribution in [1.82, 2.24) is 0 Å². The molecule has 0 fully saturated rings. The molecular formula is C9H10FNO4S. The number of carboxylic acids is 1. The first kappa shape index (κ1) is 12.4. The molecule has 1 atom stereocenters. The van der Waals surface area contributed by atoms with E-state index in [0.717, 1.165) is 19.1 Å². The van der Waals surface area contributed by atoms with Crippen LogP contribution >= 0.6 is 0 Å². The zero-order chi connectivity index (χ0) is 12.3. The molecule has 0 spiro atoms. The summed E-state index contributed by atoms with van der Waals surface area (Å²) in [5.74, 6) is -1.95. The summed E-state index contributed by atoms with van der Waals surface area (Å²) in [6.07, 6.45) is 0. The number of anilines is 1. The standard InChI is InChI=1S/C9H10FNO4S/c1-6(9(12)13)16(14,15)11-8-4-2-7(10)3-5-8/h2-6,11H,1H3,(H,12,13). The normalized spacial score (nSPS) is 13.1. The minimum absolute atomic E-state index is 0.120. The maximum Gasteiger partial charge on any atom is 0.323 e. The summed E-state index contributed by atoms with van der Waals surface area (Å²) >= 11 is 0. The Kier molecular flexibility index (Phi) is 3.48. The van der Waals surface area contributed by atoms with Gasteiger partial charge in [-0.1, -0.05) is 0 Å². The average Bonchev–Trinajstić information content (AvgIpc) is 2.20. The van der Waals surface area contributed by atoms with E-state index in [2.05, 4.69) is 4.72 Å². The number of aliphatic carboxylic acids is 1. The Morgan fingerprint density at radius 3 is 2.31 bits per heavy atom. The van der Waals surface area contributed by atoms with Crippen LogP contribution in [0.25, 0.3) is 0 Å². The fourth-order valence-corrected chi connectivity index (χ4v) is 1.81. The van der Waals surface area contributed by atoms with Crippen molar-refractivity contribution in [2.45, 2.75) is 12.2 Å². The van der Waals surface area contributed by atoms with E-state index in [0.29, 0.717) is 0 Å². The van der Waals surface area contributed by atoms with Gasteiger partial charge in [0.1, 0.15) is 5.82 Å².